The van der Waals surface area contributed by atoms with Crippen molar-refractivity contribution in [1.82, 2.24) is 0 Å². The SMILES string of the molecule is C[C@@H]1C=CC[C@@H]2C(=O)N(c3ccc(OC(=O)[C@H]4CC(=O)N(c5cc(Cl)ccc5Cl)C4)cc3)C(=O)[C@@H]12. The molecule has 0 spiro atoms. The Kier molecular flexibility index (Phi) is 6.15. The van der Waals surface area contributed by atoms with Crippen molar-refractivity contribution in [3.8, 4) is 5.75 Å². The molecule has 35 heavy (non-hydrogen) atoms. The van der Waals surface area contributed by atoms with Gasteiger partial charge in [-0.25, -0.2) is 0 Å². The lowest BCUT2D eigenvalue weighted by molar-refractivity contribution is -0.139. The van der Waals surface area contributed by atoms with Gasteiger partial charge in [0.1, 0.15) is 5.75 Å². The molecule has 0 bridgehead atoms. The van der Waals surface area contributed by atoms with Gasteiger partial charge in [0.2, 0.25) is 17.7 Å². The maximum absolute atomic E-state index is 13.0. The van der Waals surface area contributed by atoms with Crippen LogP contribution in [-0.4, -0.2) is 30.2 Å². The molecule has 0 saturated carbocycles. The van der Waals surface area contributed by atoms with E-state index in [1.165, 1.54) is 9.80 Å². The molecule has 5 rings (SSSR count). The summed E-state index contributed by atoms with van der Waals surface area (Å²) in [6.45, 7) is 2.07. The van der Waals surface area contributed by atoms with Crippen molar-refractivity contribution in [2.45, 2.75) is 19.8 Å². The number of esters is 1. The van der Waals surface area contributed by atoms with E-state index in [2.05, 4.69) is 0 Å². The van der Waals surface area contributed by atoms with Crippen molar-refractivity contribution in [2.75, 3.05) is 16.3 Å². The Morgan fingerprint density at radius 2 is 1.77 bits per heavy atom. The second-order valence-electron chi connectivity index (χ2n) is 9.08. The minimum Gasteiger partial charge on any atom is -0.426 e. The first-order valence-electron chi connectivity index (χ1n) is 11.4. The Morgan fingerprint density at radius 1 is 1.03 bits per heavy atom. The van der Waals surface area contributed by atoms with Crippen molar-refractivity contribution in [2.24, 2.45) is 23.7 Å². The van der Waals surface area contributed by atoms with Crippen LogP contribution in [0, 0.1) is 23.7 Å². The van der Waals surface area contributed by atoms with Gasteiger partial charge < -0.3 is 9.64 Å². The van der Waals surface area contributed by atoms with E-state index in [1.807, 2.05) is 19.1 Å². The fourth-order valence-electron chi connectivity index (χ4n) is 5.06. The number of rotatable bonds is 4. The van der Waals surface area contributed by atoms with Crippen LogP contribution < -0.4 is 14.5 Å². The average molecular weight is 513 g/mol. The average Bonchev–Trinajstić information content (AvgIpc) is 3.34. The van der Waals surface area contributed by atoms with Crippen LogP contribution in [-0.2, 0) is 19.2 Å². The molecule has 2 aromatic rings. The molecule has 2 aromatic carbocycles. The first-order chi connectivity index (χ1) is 16.7. The van der Waals surface area contributed by atoms with Crippen LogP contribution in [0.25, 0.3) is 0 Å². The lowest BCUT2D eigenvalue weighted by atomic mass is 9.78. The number of carbonyl (C=O) groups excluding carboxylic acids is 4. The second-order valence-corrected chi connectivity index (χ2v) is 9.93. The summed E-state index contributed by atoms with van der Waals surface area (Å²) in [6.07, 6.45) is 4.49. The zero-order valence-corrected chi connectivity index (χ0v) is 20.3. The van der Waals surface area contributed by atoms with Gasteiger partial charge in [-0.1, -0.05) is 42.3 Å². The number of imide groups is 1. The lowest BCUT2D eigenvalue weighted by Gasteiger charge is -2.22. The Morgan fingerprint density at radius 3 is 2.49 bits per heavy atom. The number of anilines is 2. The van der Waals surface area contributed by atoms with Gasteiger partial charge in [-0.05, 0) is 54.8 Å². The maximum atomic E-state index is 13.0. The summed E-state index contributed by atoms with van der Waals surface area (Å²) in [6, 6.07) is 11.1. The number of ether oxygens (including phenoxy) is 1. The third kappa shape index (κ3) is 4.23. The Hall–Kier alpha value is -3.16. The quantitative estimate of drug-likeness (QED) is 0.257. The fourth-order valence-corrected chi connectivity index (χ4v) is 5.44. The Balaban J connectivity index is 1.26. The lowest BCUT2D eigenvalue weighted by Crippen LogP contribution is -2.31. The predicted molar refractivity (Wildman–Crippen MR) is 131 cm³/mol. The fraction of sp³-hybridized carbons (Fsp3) is 0.308. The number of hydrogen-bond acceptors (Lipinski definition) is 5. The third-order valence-electron chi connectivity index (χ3n) is 6.84. The van der Waals surface area contributed by atoms with Crippen molar-refractivity contribution in [3.05, 3.63) is 64.7 Å². The molecule has 0 unspecified atom stereocenters. The molecule has 0 radical (unpaired) electrons. The minimum atomic E-state index is -0.670. The van der Waals surface area contributed by atoms with Gasteiger partial charge in [0.15, 0.2) is 0 Å². The summed E-state index contributed by atoms with van der Waals surface area (Å²) in [7, 11) is 0. The highest BCUT2D eigenvalue weighted by atomic mass is 35.5. The van der Waals surface area contributed by atoms with Crippen LogP contribution in [0.3, 0.4) is 0 Å². The molecule has 9 heteroatoms. The molecule has 2 fully saturated rings. The van der Waals surface area contributed by atoms with E-state index < -0.39 is 11.9 Å². The second kappa shape index (κ2) is 9.13. The van der Waals surface area contributed by atoms with Crippen LogP contribution in [0.2, 0.25) is 10.0 Å². The van der Waals surface area contributed by atoms with Gasteiger partial charge >= 0.3 is 5.97 Å². The van der Waals surface area contributed by atoms with E-state index >= 15 is 0 Å². The zero-order chi connectivity index (χ0) is 24.9. The van der Waals surface area contributed by atoms with Crippen molar-refractivity contribution >= 4 is 58.3 Å². The number of hydrogen-bond donors (Lipinski definition) is 0. The molecule has 2 aliphatic heterocycles. The standard InChI is InChI=1S/C26H22Cl2N2O5/c1-14-3-2-4-19-23(14)25(33)30(24(19)32)17-6-8-18(9-7-17)35-26(34)15-11-22(31)29(13-15)21-12-16(27)5-10-20(21)28/h2-3,5-10,12,14-15,19,23H,4,11,13H2,1H3/t14-,15+,19+,23+/m1/s1. The molecule has 0 aromatic heterocycles. The minimum absolute atomic E-state index is 0.00547. The summed E-state index contributed by atoms with van der Waals surface area (Å²) in [4.78, 5) is 53.8. The third-order valence-corrected chi connectivity index (χ3v) is 7.40. The van der Waals surface area contributed by atoms with Gasteiger partial charge in [-0.3, -0.25) is 24.1 Å². The van der Waals surface area contributed by atoms with Crippen molar-refractivity contribution < 1.29 is 23.9 Å². The molecule has 4 atom stereocenters. The van der Waals surface area contributed by atoms with Crippen LogP contribution in [0.5, 0.6) is 5.75 Å². The van der Waals surface area contributed by atoms with E-state index in [9.17, 15) is 19.2 Å². The normalized spacial score (nSPS) is 25.9. The van der Waals surface area contributed by atoms with Gasteiger partial charge in [0.05, 0.1) is 34.2 Å². The number of halogens is 2. The van der Waals surface area contributed by atoms with Crippen LogP contribution in [0.4, 0.5) is 11.4 Å². The van der Waals surface area contributed by atoms with Gasteiger partial charge in [-0.2, -0.15) is 0 Å². The molecule has 3 amide bonds. The molecule has 7 nitrogen and oxygen atoms in total. The van der Waals surface area contributed by atoms with E-state index in [-0.39, 0.29) is 54.2 Å². The first-order valence-corrected chi connectivity index (χ1v) is 12.1. The molecule has 2 saturated heterocycles. The predicted octanol–water partition coefficient (Wildman–Crippen LogP) is 4.65. The molecule has 1 aliphatic carbocycles. The maximum Gasteiger partial charge on any atom is 0.316 e. The van der Waals surface area contributed by atoms with E-state index in [0.29, 0.717) is 27.8 Å². The summed E-state index contributed by atoms with van der Waals surface area (Å²) in [5.74, 6) is -2.29. The first kappa shape index (κ1) is 23.6. The van der Waals surface area contributed by atoms with Crippen LogP contribution in [0.1, 0.15) is 19.8 Å². The number of fused-ring (bicyclic) bond motifs is 1. The summed E-state index contributed by atoms with van der Waals surface area (Å²) < 4.78 is 5.49. The van der Waals surface area contributed by atoms with Gasteiger partial charge in [0, 0.05) is 18.0 Å². The highest BCUT2D eigenvalue weighted by Crippen LogP contribution is 2.41. The van der Waals surface area contributed by atoms with Gasteiger partial charge in [0.25, 0.3) is 0 Å². The summed E-state index contributed by atoms with van der Waals surface area (Å²) in [5.41, 5.74) is 0.896. The van der Waals surface area contributed by atoms with Crippen molar-refractivity contribution in [1.29, 1.82) is 0 Å². The van der Waals surface area contributed by atoms with Crippen LogP contribution >= 0.6 is 23.2 Å². The topological polar surface area (TPSA) is 84.0 Å². The van der Waals surface area contributed by atoms with Crippen LogP contribution in [0.15, 0.2) is 54.6 Å². The highest BCUT2D eigenvalue weighted by molar-refractivity contribution is 6.36. The summed E-state index contributed by atoms with van der Waals surface area (Å²) >= 11 is 12.2. The molecule has 180 valence electrons. The molecular weight excluding hydrogens is 491 g/mol. The zero-order valence-electron chi connectivity index (χ0n) is 18.8. The monoisotopic (exact) mass is 512 g/mol. The number of allylic oxidation sites excluding steroid dienone is 2. The largest absolute Gasteiger partial charge is 0.426 e. The molecular formula is C26H22Cl2N2O5. The number of nitrogens with zero attached hydrogens (tertiary/aromatic N) is 2. The van der Waals surface area contributed by atoms with E-state index in [1.54, 1.807) is 42.5 Å². The smallest absolute Gasteiger partial charge is 0.316 e. The number of carbonyl (C=O) groups is 4. The van der Waals surface area contributed by atoms with Crippen molar-refractivity contribution in [3.63, 3.8) is 0 Å². The molecule has 0 N–H and O–H groups in total. The number of benzene rings is 2. The van der Waals surface area contributed by atoms with Gasteiger partial charge in [-0.15, -0.1) is 0 Å². The molecule has 3 aliphatic rings. The Labute approximate surface area is 212 Å². The summed E-state index contributed by atoms with van der Waals surface area (Å²) in [5, 5.41) is 0.798. The van der Waals surface area contributed by atoms with E-state index in [0.717, 1.165) is 0 Å². The van der Waals surface area contributed by atoms with E-state index in [4.69, 9.17) is 27.9 Å². The Bertz CT molecular complexity index is 1260. The highest BCUT2D eigenvalue weighted by Gasteiger charge is 2.50. The number of amides is 3. The molecule has 2 heterocycles.